The third-order valence-electron chi connectivity index (χ3n) is 5.67. The number of benzene rings is 2. The van der Waals surface area contributed by atoms with E-state index in [1.807, 2.05) is 49.4 Å². The molecule has 1 amide bonds. The van der Waals surface area contributed by atoms with Gasteiger partial charge in [-0.3, -0.25) is 4.79 Å². The van der Waals surface area contributed by atoms with E-state index in [2.05, 4.69) is 4.57 Å². The number of hydrogen-bond acceptors (Lipinski definition) is 3. The van der Waals surface area contributed by atoms with Gasteiger partial charge < -0.3 is 14.2 Å². The minimum Gasteiger partial charge on any atom is -0.495 e. The van der Waals surface area contributed by atoms with Crippen molar-refractivity contribution in [1.29, 1.82) is 0 Å². The molecule has 1 aliphatic heterocycles. The lowest BCUT2D eigenvalue weighted by molar-refractivity contribution is 0.0987. The van der Waals surface area contributed by atoms with E-state index in [9.17, 15) is 4.79 Å². The predicted molar refractivity (Wildman–Crippen MR) is 121 cm³/mol. The molecule has 2 aromatic carbocycles. The number of ether oxygens (including phenoxy) is 1. The van der Waals surface area contributed by atoms with Gasteiger partial charge >= 0.3 is 0 Å². The van der Waals surface area contributed by atoms with E-state index in [0.29, 0.717) is 16.5 Å². The summed E-state index contributed by atoms with van der Waals surface area (Å²) in [7, 11) is 3.40. The molecule has 2 heterocycles. The number of fused-ring (bicyclic) bond motifs is 1. The first-order chi connectivity index (χ1) is 14.5. The molecule has 6 heteroatoms. The summed E-state index contributed by atoms with van der Waals surface area (Å²) in [5.41, 5.74) is 4.31. The minimum atomic E-state index is -0.121. The Hall–Kier alpha value is -2.79. The van der Waals surface area contributed by atoms with Crippen LogP contribution in [0.15, 0.2) is 42.5 Å². The SMILES string of the molecule is COc1ccc(C)cc1N(C)C(=O)c1nc(-c2ccc(Cl)cc2)n2c1CCCCC2. The number of carbonyl (C=O) groups is 1. The number of hydrogen-bond donors (Lipinski definition) is 0. The minimum absolute atomic E-state index is 0.121. The van der Waals surface area contributed by atoms with Crippen molar-refractivity contribution in [1.82, 2.24) is 9.55 Å². The van der Waals surface area contributed by atoms with Crippen LogP contribution in [0.2, 0.25) is 5.02 Å². The lowest BCUT2D eigenvalue weighted by Gasteiger charge is -2.20. The molecule has 0 saturated carbocycles. The molecule has 156 valence electrons. The molecular formula is C24H26ClN3O2. The lowest BCUT2D eigenvalue weighted by atomic mass is 10.1. The van der Waals surface area contributed by atoms with Crippen LogP contribution in [0.4, 0.5) is 5.69 Å². The van der Waals surface area contributed by atoms with E-state index in [0.717, 1.165) is 60.6 Å². The summed E-state index contributed by atoms with van der Waals surface area (Å²) in [6, 6.07) is 13.5. The second-order valence-corrected chi connectivity index (χ2v) is 8.18. The molecule has 1 aliphatic rings. The third-order valence-corrected chi connectivity index (χ3v) is 5.93. The highest BCUT2D eigenvalue weighted by Gasteiger charge is 2.27. The maximum absolute atomic E-state index is 13.6. The van der Waals surface area contributed by atoms with E-state index in [-0.39, 0.29) is 5.91 Å². The highest BCUT2D eigenvalue weighted by atomic mass is 35.5. The van der Waals surface area contributed by atoms with Crippen molar-refractivity contribution in [3.63, 3.8) is 0 Å². The van der Waals surface area contributed by atoms with Gasteiger partial charge in [0.15, 0.2) is 5.69 Å². The molecule has 0 unspecified atom stereocenters. The maximum atomic E-state index is 13.6. The van der Waals surface area contributed by atoms with Crippen molar-refractivity contribution < 1.29 is 9.53 Å². The van der Waals surface area contributed by atoms with Gasteiger partial charge in [0.2, 0.25) is 0 Å². The fourth-order valence-corrected chi connectivity index (χ4v) is 4.17. The van der Waals surface area contributed by atoms with Crippen molar-refractivity contribution in [3.8, 4) is 17.1 Å². The summed E-state index contributed by atoms with van der Waals surface area (Å²) in [4.78, 5) is 20.1. The smallest absolute Gasteiger partial charge is 0.278 e. The fraction of sp³-hybridized carbons (Fsp3) is 0.333. The molecular weight excluding hydrogens is 398 g/mol. The fourth-order valence-electron chi connectivity index (χ4n) is 4.04. The van der Waals surface area contributed by atoms with Gasteiger partial charge in [-0.2, -0.15) is 0 Å². The first kappa shape index (κ1) is 20.5. The average molecular weight is 424 g/mol. The molecule has 4 rings (SSSR count). The summed E-state index contributed by atoms with van der Waals surface area (Å²) in [5.74, 6) is 1.38. The maximum Gasteiger partial charge on any atom is 0.278 e. The van der Waals surface area contributed by atoms with E-state index >= 15 is 0 Å². The number of halogens is 1. The van der Waals surface area contributed by atoms with Crippen LogP contribution < -0.4 is 9.64 Å². The van der Waals surface area contributed by atoms with E-state index in [4.69, 9.17) is 21.3 Å². The number of methoxy groups -OCH3 is 1. The highest BCUT2D eigenvalue weighted by Crippen LogP contribution is 2.32. The molecule has 5 nitrogen and oxygen atoms in total. The Morgan fingerprint density at radius 2 is 1.90 bits per heavy atom. The van der Waals surface area contributed by atoms with Crippen LogP contribution in [0.25, 0.3) is 11.4 Å². The first-order valence-electron chi connectivity index (χ1n) is 10.3. The highest BCUT2D eigenvalue weighted by molar-refractivity contribution is 6.30. The topological polar surface area (TPSA) is 47.4 Å². The Morgan fingerprint density at radius 3 is 2.63 bits per heavy atom. The number of aromatic nitrogens is 2. The zero-order valence-electron chi connectivity index (χ0n) is 17.6. The van der Waals surface area contributed by atoms with E-state index in [1.165, 1.54) is 0 Å². The monoisotopic (exact) mass is 423 g/mol. The molecule has 0 saturated heterocycles. The molecule has 0 bridgehead atoms. The number of nitrogens with zero attached hydrogens (tertiary/aromatic N) is 3. The van der Waals surface area contributed by atoms with Gasteiger partial charge in [-0.05, 0) is 68.1 Å². The number of aryl methyl sites for hydroxylation is 1. The molecule has 0 fully saturated rings. The van der Waals surface area contributed by atoms with Crippen molar-refractivity contribution in [2.24, 2.45) is 0 Å². The molecule has 0 aliphatic carbocycles. The Bertz CT molecular complexity index is 1070. The lowest BCUT2D eigenvalue weighted by Crippen LogP contribution is -2.28. The van der Waals surface area contributed by atoms with Crippen LogP contribution in [0.3, 0.4) is 0 Å². The molecule has 0 atom stereocenters. The zero-order chi connectivity index (χ0) is 21.3. The van der Waals surface area contributed by atoms with Crippen LogP contribution in [-0.4, -0.2) is 29.6 Å². The zero-order valence-corrected chi connectivity index (χ0v) is 18.4. The van der Waals surface area contributed by atoms with Gasteiger partial charge in [-0.1, -0.05) is 24.1 Å². The normalized spacial score (nSPS) is 13.5. The second kappa shape index (κ2) is 8.52. The van der Waals surface area contributed by atoms with Crippen LogP contribution in [0.5, 0.6) is 5.75 Å². The summed E-state index contributed by atoms with van der Waals surface area (Å²) in [6.45, 7) is 2.87. The van der Waals surface area contributed by atoms with Crippen LogP contribution in [0.1, 0.15) is 41.0 Å². The number of rotatable bonds is 4. The molecule has 0 radical (unpaired) electrons. The van der Waals surface area contributed by atoms with Gasteiger partial charge in [0, 0.05) is 24.2 Å². The van der Waals surface area contributed by atoms with Gasteiger partial charge in [-0.15, -0.1) is 0 Å². The number of amides is 1. The summed E-state index contributed by atoms with van der Waals surface area (Å²) < 4.78 is 7.71. The molecule has 30 heavy (non-hydrogen) atoms. The summed E-state index contributed by atoms with van der Waals surface area (Å²) in [5, 5.41) is 0.684. The van der Waals surface area contributed by atoms with E-state index in [1.54, 1.807) is 19.1 Å². The van der Waals surface area contributed by atoms with Crippen molar-refractivity contribution >= 4 is 23.2 Å². The van der Waals surface area contributed by atoms with Crippen molar-refractivity contribution in [2.45, 2.75) is 39.2 Å². The van der Waals surface area contributed by atoms with Gasteiger partial charge in [-0.25, -0.2) is 4.98 Å². The third kappa shape index (κ3) is 3.82. The average Bonchev–Trinajstić information content (AvgIpc) is 2.94. The standard InChI is InChI=1S/C24H26ClN3O2/c1-16-8-13-21(30-3)20(15-16)27(2)24(29)22-19-7-5-4-6-14-28(19)23(26-22)17-9-11-18(25)12-10-17/h8-13,15H,4-7,14H2,1-3H3. The van der Waals surface area contributed by atoms with E-state index < -0.39 is 0 Å². The Balaban J connectivity index is 1.79. The number of anilines is 1. The second-order valence-electron chi connectivity index (χ2n) is 7.74. The van der Waals surface area contributed by atoms with Crippen LogP contribution in [0, 0.1) is 6.92 Å². The van der Waals surface area contributed by atoms with Crippen molar-refractivity contribution in [3.05, 3.63) is 64.4 Å². The molecule has 0 spiro atoms. The Kier molecular flexibility index (Phi) is 5.82. The molecule has 0 N–H and O–H groups in total. The van der Waals surface area contributed by atoms with Crippen molar-refractivity contribution in [2.75, 3.05) is 19.1 Å². The van der Waals surface area contributed by atoms with Gasteiger partial charge in [0.1, 0.15) is 11.6 Å². The summed E-state index contributed by atoms with van der Waals surface area (Å²) >= 11 is 6.08. The van der Waals surface area contributed by atoms with Gasteiger partial charge in [0.25, 0.3) is 5.91 Å². The quantitative estimate of drug-likeness (QED) is 0.554. The first-order valence-corrected chi connectivity index (χ1v) is 10.7. The van der Waals surface area contributed by atoms with Crippen LogP contribution >= 0.6 is 11.6 Å². The summed E-state index contributed by atoms with van der Waals surface area (Å²) in [6.07, 6.45) is 4.14. The van der Waals surface area contributed by atoms with Crippen LogP contribution in [-0.2, 0) is 13.0 Å². The number of carbonyl (C=O) groups excluding carboxylic acids is 1. The largest absolute Gasteiger partial charge is 0.495 e. The molecule has 3 aromatic rings. The Morgan fingerprint density at radius 1 is 1.13 bits per heavy atom. The Labute approximate surface area is 182 Å². The van der Waals surface area contributed by atoms with Gasteiger partial charge in [0.05, 0.1) is 18.5 Å². The predicted octanol–water partition coefficient (Wildman–Crippen LogP) is 5.52. The number of imidazole rings is 1. The molecule has 1 aromatic heterocycles.